The van der Waals surface area contributed by atoms with Crippen molar-refractivity contribution in [3.05, 3.63) is 29.8 Å². The Balaban J connectivity index is -0.000000189. The summed E-state index contributed by atoms with van der Waals surface area (Å²) in [5.41, 5.74) is 1.33. The van der Waals surface area contributed by atoms with Crippen LogP contribution in [0.15, 0.2) is 24.3 Å². The molecule has 1 atom stereocenters. The summed E-state index contributed by atoms with van der Waals surface area (Å²) < 4.78 is 0. The zero-order valence-electron chi connectivity index (χ0n) is 9.84. The number of aryl methyl sites for hydroxylation is 1. The van der Waals surface area contributed by atoms with Crippen LogP contribution in [0.5, 0.6) is 0 Å². The molecule has 0 aliphatic rings. The van der Waals surface area contributed by atoms with Crippen LogP contribution in [0.4, 0.5) is 0 Å². The van der Waals surface area contributed by atoms with Crippen molar-refractivity contribution in [3.63, 3.8) is 0 Å². The molecule has 0 bridgehead atoms. The van der Waals surface area contributed by atoms with Gasteiger partial charge in [-0.05, 0) is 31.6 Å². The Bertz CT molecular complexity index is 301. The van der Waals surface area contributed by atoms with E-state index in [9.17, 15) is 0 Å². The molecule has 0 heterocycles. The first-order valence-corrected chi connectivity index (χ1v) is 5.01. The monoisotopic (exact) mass is 348 g/mol. The zero-order chi connectivity index (χ0) is 13.1. The van der Waals surface area contributed by atoms with Gasteiger partial charge in [-0.2, -0.15) is 0 Å². The number of carboxylic acid groups (broad SMARTS) is 2. The van der Waals surface area contributed by atoms with Crippen molar-refractivity contribution in [2.24, 2.45) is 0 Å². The molecule has 0 amide bonds. The minimum atomic E-state index is -1.08. The van der Waals surface area contributed by atoms with Gasteiger partial charge in [-0.3, -0.25) is 0 Å². The predicted molar refractivity (Wildman–Crippen MR) is 61.9 cm³/mol. The molecule has 1 unspecified atom stereocenters. The molecule has 0 radical (unpaired) electrons. The normalized spacial score (nSPS) is 7.29. The van der Waals surface area contributed by atoms with E-state index in [1.807, 2.05) is 12.1 Å². The van der Waals surface area contributed by atoms with E-state index in [1.165, 1.54) is 10.9 Å². The van der Waals surface area contributed by atoms with Crippen LogP contribution in [-0.2, 0) is 30.0 Å². The SMILES string of the molecule is CC(=O)[O-].CC(=O)[O-].Cc1ccccc1P.[Pd+2]. The molecule has 0 aliphatic carbocycles. The van der Waals surface area contributed by atoms with Crippen LogP contribution in [0.1, 0.15) is 19.4 Å². The Morgan fingerprint density at radius 1 is 1.06 bits per heavy atom. The van der Waals surface area contributed by atoms with Crippen LogP contribution in [0, 0.1) is 6.92 Å². The van der Waals surface area contributed by atoms with Crippen molar-refractivity contribution in [3.8, 4) is 0 Å². The first-order chi connectivity index (χ1) is 7.27. The Hall–Kier alpha value is -0.748. The maximum Gasteiger partial charge on any atom is 2.00 e. The fraction of sp³-hybridized carbons (Fsp3) is 0.273. The number of hydrogen-bond donors (Lipinski definition) is 0. The van der Waals surface area contributed by atoms with Gasteiger partial charge in [0.05, 0.1) is 0 Å². The van der Waals surface area contributed by atoms with Gasteiger partial charge in [0, 0.05) is 11.9 Å². The third-order valence-corrected chi connectivity index (χ3v) is 1.84. The summed E-state index contributed by atoms with van der Waals surface area (Å²) >= 11 is 0. The third kappa shape index (κ3) is 25.5. The third-order valence-electron chi connectivity index (χ3n) is 1.19. The van der Waals surface area contributed by atoms with E-state index in [4.69, 9.17) is 19.8 Å². The smallest absolute Gasteiger partial charge is 0.550 e. The van der Waals surface area contributed by atoms with Gasteiger partial charge in [-0.15, -0.1) is 9.24 Å². The van der Waals surface area contributed by atoms with Crippen LogP contribution in [0.2, 0.25) is 0 Å². The molecule has 0 aromatic heterocycles. The van der Waals surface area contributed by atoms with Crippen molar-refractivity contribution < 1.29 is 40.2 Å². The van der Waals surface area contributed by atoms with Crippen molar-refractivity contribution in [2.45, 2.75) is 20.8 Å². The second kappa shape index (κ2) is 13.3. The van der Waals surface area contributed by atoms with E-state index in [1.54, 1.807) is 0 Å². The number of carboxylic acids is 2. The number of carbonyl (C=O) groups excluding carboxylic acids is 2. The molecule has 0 N–H and O–H groups in total. The summed E-state index contributed by atoms with van der Waals surface area (Å²) in [7, 11) is 2.69. The van der Waals surface area contributed by atoms with Crippen LogP contribution < -0.4 is 15.5 Å². The minimum absolute atomic E-state index is 0. The van der Waals surface area contributed by atoms with Crippen molar-refractivity contribution in [2.75, 3.05) is 0 Å². The van der Waals surface area contributed by atoms with E-state index in [0.717, 1.165) is 13.8 Å². The van der Waals surface area contributed by atoms with Crippen molar-refractivity contribution in [1.82, 2.24) is 0 Å². The van der Waals surface area contributed by atoms with Crippen molar-refractivity contribution in [1.29, 1.82) is 0 Å². The van der Waals surface area contributed by atoms with Gasteiger partial charge < -0.3 is 19.8 Å². The Morgan fingerprint density at radius 2 is 1.35 bits per heavy atom. The van der Waals surface area contributed by atoms with Gasteiger partial charge in [0.2, 0.25) is 0 Å². The first kappa shape index (κ1) is 21.5. The topological polar surface area (TPSA) is 80.3 Å². The first-order valence-electron chi connectivity index (χ1n) is 4.43. The van der Waals surface area contributed by atoms with Crippen LogP contribution in [0.3, 0.4) is 0 Å². The summed E-state index contributed by atoms with van der Waals surface area (Å²) in [5, 5.41) is 19.1. The van der Waals surface area contributed by atoms with Gasteiger partial charge in [0.15, 0.2) is 0 Å². The molecule has 1 rings (SSSR count). The molecule has 6 heteroatoms. The molecule has 0 spiro atoms. The average molecular weight is 349 g/mol. The Kier molecular flexibility index (Phi) is 16.9. The molecule has 1 aromatic carbocycles. The summed E-state index contributed by atoms with van der Waals surface area (Å²) in [6.07, 6.45) is 0. The molecule has 0 saturated carbocycles. The molecular formula is C11H15O4PPd. The second-order valence-corrected chi connectivity index (χ2v) is 3.46. The van der Waals surface area contributed by atoms with Gasteiger partial charge >= 0.3 is 20.4 Å². The van der Waals surface area contributed by atoms with Gasteiger partial charge in [-0.25, -0.2) is 0 Å². The molecule has 17 heavy (non-hydrogen) atoms. The van der Waals surface area contributed by atoms with Crippen LogP contribution >= 0.6 is 9.24 Å². The molecule has 4 nitrogen and oxygen atoms in total. The van der Waals surface area contributed by atoms with Gasteiger partial charge in [0.1, 0.15) is 0 Å². The molecule has 98 valence electrons. The van der Waals surface area contributed by atoms with E-state index < -0.39 is 11.9 Å². The van der Waals surface area contributed by atoms with Crippen LogP contribution in [0.25, 0.3) is 0 Å². The summed E-state index contributed by atoms with van der Waals surface area (Å²) in [4.78, 5) is 17.8. The summed E-state index contributed by atoms with van der Waals surface area (Å²) in [5.74, 6) is -2.17. The Morgan fingerprint density at radius 3 is 1.53 bits per heavy atom. The number of rotatable bonds is 0. The fourth-order valence-corrected chi connectivity index (χ4v) is 0.794. The van der Waals surface area contributed by atoms with Gasteiger partial charge in [0.25, 0.3) is 0 Å². The standard InChI is InChI=1S/C7H9P.2C2H4O2.Pd/c1-6-4-2-3-5-7(6)8;2*1-2(3)4;/h2-5H,8H2,1H3;2*1H3,(H,3,4);/q;;;+2/p-2. The maximum atomic E-state index is 8.89. The largest absolute Gasteiger partial charge is 2.00 e. The van der Waals surface area contributed by atoms with E-state index in [-0.39, 0.29) is 20.4 Å². The molecule has 1 aromatic rings. The molecule has 0 aliphatic heterocycles. The quantitative estimate of drug-likeness (QED) is 0.445. The van der Waals surface area contributed by atoms with Gasteiger partial charge in [-0.1, -0.05) is 24.3 Å². The van der Waals surface area contributed by atoms with E-state index in [2.05, 4.69) is 28.3 Å². The predicted octanol–water partition coefficient (Wildman–Crippen LogP) is -0.995. The van der Waals surface area contributed by atoms with Crippen molar-refractivity contribution >= 4 is 26.5 Å². The number of benzene rings is 1. The summed E-state index contributed by atoms with van der Waals surface area (Å²) in [6.45, 7) is 4.04. The Labute approximate surface area is 117 Å². The van der Waals surface area contributed by atoms with E-state index in [0.29, 0.717) is 0 Å². The summed E-state index contributed by atoms with van der Waals surface area (Å²) in [6, 6.07) is 8.26. The number of aliphatic carboxylic acids is 2. The second-order valence-electron chi connectivity index (χ2n) is 2.84. The number of carbonyl (C=O) groups is 2. The molecular weight excluding hydrogens is 334 g/mol. The average Bonchev–Trinajstić information content (AvgIpc) is 2.08. The minimum Gasteiger partial charge on any atom is -0.550 e. The maximum absolute atomic E-state index is 8.89. The number of hydrogen-bond acceptors (Lipinski definition) is 4. The molecule has 0 fully saturated rings. The fourth-order valence-electron chi connectivity index (χ4n) is 0.587. The van der Waals surface area contributed by atoms with E-state index >= 15 is 0 Å². The zero-order valence-corrected chi connectivity index (χ0v) is 12.5. The van der Waals surface area contributed by atoms with Crippen LogP contribution in [-0.4, -0.2) is 11.9 Å². The molecule has 0 saturated heterocycles.